The normalized spacial score (nSPS) is 16.3. The van der Waals surface area contributed by atoms with Crippen molar-refractivity contribution in [3.63, 3.8) is 0 Å². The zero-order chi connectivity index (χ0) is 28.3. The lowest BCUT2D eigenvalue weighted by atomic mass is 9.99. The molecule has 0 aliphatic carbocycles. The summed E-state index contributed by atoms with van der Waals surface area (Å²) in [6.07, 6.45) is -0.851. The second-order valence-corrected chi connectivity index (χ2v) is 10.1. The summed E-state index contributed by atoms with van der Waals surface area (Å²) in [6, 6.07) is -4.30. The van der Waals surface area contributed by atoms with Crippen molar-refractivity contribution >= 4 is 29.5 Å². The predicted molar refractivity (Wildman–Crippen MR) is 136 cm³/mol. The molecule has 0 aromatic rings. The van der Waals surface area contributed by atoms with Crippen LogP contribution in [0.15, 0.2) is 0 Å². The van der Waals surface area contributed by atoms with Gasteiger partial charge >= 0.3 is 0 Å². The molecule has 0 aromatic carbocycles. The summed E-state index contributed by atoms with van der Waals surface area (Å²) in [6.45, 7) is 11.9. The van der Waals surface area contributed by atoms with E-state index in [1.165, 1.54) is 20.9 Å². The average Bonchev–Trinajstić information content (AvgIpc) is 2.77. The number of amides is 5. The maximum atomic E-state index is 13.2. The first-order chi connectivity index (χ1) is 16.5. The molecule has 208 valence electrons. The monoisotopic (exact) mass is 514 g/mol. The van der Waals surface area contributed by atoms with Crippen LogP contribution in [-0.2, 0) is 24.0 Å². The summed E-state index contributed by atoms with van der Waals surface area (Å²) >= 11 is 0. The predicted octanol–water partition coefficient (Wildman–Crippen LogP) is -1.15. The second-order valence-electron chi connectivity index (χ2n) is 10.1. The Morgan fingerprint density at radius 1 is 0.861 bits per heavy atom. The largest absolute Gasteiger partial charge is 0.391 e. The van der Waals surface area contributed by atoms with Crippen LogP contribution in [0.5, 0.6) is 0 Å². The van der Waals surface area contributed by atoms with Crippen molar-refractivity contribution in [1.29, 1.82) is 0 Å². The minimum absolute atomic E-state index is 0.00267. The molecule has 0 spiro atoms. The zero-order valence-corrected chi connectivity index (χ0v) is 23.0. The van der Waals surface area contributed by atoms with E-state index in [0.717, 1.165) is 4.90 Å². The number of aliphatic hydroxyl groups excluding tert-OH is 1. The Kier molecular flexibility index (Phi) is 14.2. The van der Waals surface area contributed by atoms with Crippen LogP contribution in [0, 0.1) is 11.8 Å². The van der Waals surface area contributed by atoms with Crippen LogP contribution in [0.1, 0.15) is 61.3 Å². The summed E-state index contributed by atoms with van der Waals surface area (Å²) in [4.78, 5) is 64.0. The number of nitrogens with two attached hydrogens (primary N) is 1. The molecule has 0 fully saturated rings. The first-order valence-corrected chi connectivity index (χ1v) is 12.3. The highest BCUT2D eigenvalue weighted by Gasteiger charge is 2.35. The lowest BCUT2D eigenvalue weighted by Gasteiger charge is -2.31. The average molecular weight is 515 g/mol. The van der Waals surface area contributed by atoms with Gasteiger partial charge < -0.3 is 37.0 Å². The second kappa shape index (κ2) is 15.4. The van der Waals surface area contributed by atoms with Crippen LogP contribution in [0.4, 0.5) is 0 Å². The van der Waals surface area contributed by atoms with Crippen molar-refractivity contribution in [3.8, 4) is 0 Å². The number of primary amides is 1. The number of nitrogens with zero attached hydrogens (tertiary/aromatic N) is 1. The van der Waals surface area contributed by atoms with E-state index in [0.29, 0.717) is 0 Å². The van der Waals surface area contributed by atoms with Gasteiger partial charge in [0.15, 0.2) is 0 Å². The topological polar surface area (TPSA) is 183 Å². The van der Waals surface area contributed by atoms with Crippen LogP contribution < -0.4 is 27.0 Å². The summed E-state index contributed by atoms with van der Waals surface area (Å²) in [5.41, 5.74) is 5.27. The lowest BCUT2D eigenvalue weighted by molar-refractivity contribution is -0.143. The molecule has 36 heavy (non-hydrogen) atoms. The van der Waals surface area contributed by atoms with E-state index in [2.05, 4.69) is 21.3 Å². The van der Waals surface area contributed by atoms with Gasteiger partial charge in [0.1, 0.15) is 24.2 Å². The number of carbonyl (C=O) groups is 5. The maximum Gasteiger partial charge on any atom is 0.248 e. The summed E-state index contributed by atoms with van der Waals surface area (Å²) < 4.78 is 0. The number of hydrogen-bond acceptors (Lipinski definition) is 7. The molecule has 0 saturated heterocycles. The van der Waals surface area contributed by atoms with Crippen LogP contribution in [-0.4, -0.2) is 90.0 Å². The van der Waals surface area contributed by atoms with Gasteiger partial charge in [-0.15, -0.1) is 0 Å². The smallest absolute Gasteiger partial charge is 0.248 e. The van der Waals surface area contributed by atoms with Crippen molar-refractivity contribution in [2.24, 2.45) is 17.6 Å². The molecule has 0 unspecified atom stereocenters. The van der Waals surface area contributed by atoms with Crippen LogP contribution in [0.25, 0.3) is 0 Å². The Morgan fingerprint density at radius 3 is 1.83 bits per heavy atom. The number of carbonyl (C=O) groups excluding carboxylic acids is 5. The maximum absolute atomic E-state index is 13.2. The summed E-state index contributed by atoms with van der Waals surface area (Å²) in [7, 11) is 3.08. The van der Waals surface area contributed by atoms with Gasteiger partial charge in [-0.25, -0.2) is 0 Å². The molecule has 0 aromatic heterocycles. The van der Waals surface area contributed by atoms with Crippen LogP contribution in [0.2, 0.25) is 0 Å². The Balaban J connectivity index is 5.68. The van der Waals surface area contributed by atoms with E-state index in [1.54, 1.807) is 20.9 Å². The Morgan fingerprint density at radius 2 is 1.42 bits per heavy atom. The molecule has 12 nitrogen and oxygen atoms in total. The van der Waals surface area contributed by atoms with Crippen LogP contribution in [0.3, 0.4) is 0 Å². The number of hydrogen-bond donors (Lipinski definition) is 6. The van der Waals surface area contributed by atoms with Gasteiger partial charge in [-0.3, -0.25) is 24.0 Å². The third-order valence-electron chi connectivity index (χ3n) is 5.98. The lowest BCUT2D eigenvalue weighted by Crippen LogP contribution is -2.61. The van der Waals surface area contributed by atoms with Gasteiger partial charge in [-0.1, -0.05) is 27.7 Å². The molecule has 6 atom stereocenters. The van der Waals surface area contributed by atoms with E-state index in [4.69, 9.17) is 5.73 Å². The Labute approximate surface area is 214 Å². The Bertz CT molecular complexity index is 772. The van der Waals surface area contributed by atoms with E-state index in [1.807, 2.05) is 20.8 Å². The van der Waals surface area contributed by atoms with Crippen molar-refractivity contribution in [1.82, 2.24) is 26.2 Å². The summed E-state index contributed by atoms with van der Waals surface area (Å²) in [5.74, 6) is -3.20. The third kappa shape index (κ3) is 10.9. The van der Waals surface area contributed by atoms with Gasteiger partial charge in [0.05, 0.1) is 6.10 Å². The standard InChI is InChI=1S/C24H46N6O6/c1-12(2)10-17(27-23(35)19(13(3)4)28-18(32)11-14(5)26-8)22(34)29-20(16(7)31)24(36)30(9)15(6)21(25)33/h12-17,19-20,26,31H,10-11H2,1-9H3,(H2,25,33)(H,27,35)(H,28,32)(H,29,34)/t14-,15-,16+,17-,19+,20-/m0/s1. The minimum atomic E-state index is -1.36. The molecule has 0 radical (unpaired) electrons. The van der Waals surface area contributed by atoms with Gasteiger partial charge in [0, 0.05) is 19.5 Å². The molecule has 0 saturated carbocycles. The molecule has 0 rings (SSSR count). The molecule has 0 aliphatic rings. The quantitative estimate of drug-likeness (QED) is 0.159. The van der Waals surface area contributed by atoms with E-state index in [9.17, 15) is 29.1 Å². The summed E-state index contributed by atoms with van der Waals surface area (Å²) in [5, 5.41) is 21.1. The highest BCUT2D eigenvalue weighted by molar-refractivity contribution is 5.95. The number of aliphatic hydroxyl groups is 1. The highest BCUT2D eigenvalue weighted by atomic mass is 16.3. The Hall–Kier alpha value is -2.73. The van der Waals surface area contributed by atoms with Crippen molar-refractivity contribution in [2.75, 3.05) is 14.1 Å². The van der Waals surface area contributed by atoms with Crippen LogP contribution >= 0.6 is 0 Å². The first kappa shape index (κ1) is 33.3. The molecule has 0 heterocycles. The molecule has 7 N–H and O–H groups in total. The van der Waals surface area contributed by atoms with Gasteiger partial charge in [0.2, 0.25) is 29.5 Å². The fraction of sp³-hybridized carbons (Fsp3) is 0.792. The fourth-order valence-electron chi connectivity index (χ4n) is 3.36. The molecular weight excluding hydrogens is 468 g/mol. The molecule has 5 amide bonds. The molecule has 0 aliphatic heterocycles. The third-order valence-corrected chi connectivity index (χ3v) is 5.98. The highest BCUT2D eigenvalue weighted by Crippen LogP contribution is 2.10. The molecular formula is C24H46N6O6. The van der Waals surface area contributed by atoms with E-state index in [-0.39, 0.29) is 36.6 Å². The molecule has 0 bridgehead atoms. The van der Waals surface area contributed by atoms with E-state index >= 15 is 0 Å². The van der Waals surface area contributed by atoms with Crippen molar-refractivity contribution in [2.45, 2.75) is 97.6 Å². The molecule has 12 heteroatoms. The van der Waals surface area contributed by atoms with Gasteiger partial charge in [-0.2, -0.15) is 0 Å². The van der Waals surface area contributed by atoms with Crippen molar-refractivity contribution in [3.05, 3.63) is 0 Å². The fourth-order valence-corrected chi connectivity index (χ4v) is 3.36. The van der Waals surface area contributed by atoms with Gasteiger partial charge in [0.25, 0.3) is 0 Å². The SMILES string of the molecule is CN[C@@H](C)CC(=O)N[C@@H](C(=O)N[C@@H](CC(C)C)C(=O)N[C@H](C(=O)N(C)[C@@H](C)C(N)=O)[C@@H](C)O)C(C)C. The van der Waals surface area contributed by atoms with E-state index < -0.39 is 53.9 Å². The number of rotatable bonds is 15. The number of likely N-dealkylation sites (N-methyl/N-ethyl adjacent to an activating group) is 1. The van der Waals surface area contributed by atoms with Gasteiger partial charge in [-0.05, 0) is 46.1 Å². The first-order valence-electron chi connectivity index (χ1n) is 12.3. The zero-order valence-electron chi connectivity index (χ0n) is 23.0. The van der Waals surface area contributed by atoms with Crippen molar-refractivity contribution < 1.29 is 29.1 Å². The minimum Gasteiger partial charge on any atom is -0.391 e. The number of nitrogens with one attached hydrogen (secondary N) is 4.